The zero-order valence-electron chi connectivity index (χ0n) is 13.1. The molecule has 3 nitrogen and oxygen atoms in total. The minimum atomic E-state index is -1.66. The van der Waals surface area contributed by atoms with Crippen LogP contribution in [-0.4, -0.2) is 24.4 Å². The molecule has 122 valence electrons. The first-order chi connectivity index (χ1) is 10.9. The van der Waals surface area contributed by atoms with Crippen LogP contribution in [0.25, 0.3) is 0 Å². The summed E-state index contributed by atoms with van der Waals surface area (Å²) in [7, 11) is 1.67. The molecule has 0 spiro atoms. The van der Waals surface area contributed by atoms with Crippen molar-refractivity contribution in [3.8, 4) is 11.5 Å². The van der Waals surface area contributed by atoms with E-state index in [1.807, 2.05) is 0 Å². The van der Waals surface area contributed by atoms with Gasteiger partial charge in [0.1, 0.15) is 17.3 Å². The molecule has 2 aromatic rings. The number of aryl methyl sites for hydroxylation is 1. The van der Waals surface area contributed by atoms with Crippen molar-refractivity contribution in [2.45, 2.75) is 25.1 Å². The van der Waals surface area contributed by atoms with Crippen molar-refractivity contribution in [2.24, 2.45) is 0 Å². The average molecular weight is 319 g/mol. The van der Waals surface area contributed by atoms with Gasteiger partial charge in [0.2, 0.25) is 0 Å². The van der Waals surface area contributed by atoms with E-state index in [0.717, 1.165) is 0 Å². The zero-order valence-corrected chi connectivity index (χ0v) is 13.1. The number of aromatic hydroxyl groups is 1. The maximum atomic E-state index is 15.4. The molecule has 1 aliphatic carbocycles. The molecule has 0 aliphatic heterocycles. The highest BCUT2D eigenvalue weighted by Gasteiger charge is 2.48. The lowest BCUT2D eigenvalue weighted by Gasteiger charge is -2.29. The van der Waals surface area contributed by atoms with Gasteiger partial charge in [0.15, 0.2) is 11.8 Å². The van der Waals surface area contributed by atoms with Crippen LogP contribution in [0, 0.1) is 12.7 Å². The van der Waals surface area contributed by atoms with Gasteiger partial charge in [-0.15, -0.1) is 0 Å². The lowest BCUT2D eigenvalue weighted by Crippen LogP contribution is -2.41. The predicted octanol–water partition coefficient (Wildman–Crippen LogP) is 3.44. The molecule has 2 aromatic carbocycles. The van der Waals surface area contributed by atoms with Crippen molar-refractivity contribution in [1.82, 2.24) is 5.32 Å². The molecule has 2 atom stereocenters. The molecule has 0 saturated heterocycles. The van der Waals surface area contributed by atoms with E-state index in [2.05, 4.69) is 5.32 Å². The van der Waals surface area contributed by atoms with Crippen LogP contribution >= 0.6 is 0 Å². The molecule has 2 unspecified atom stereocenters. The summed E-state index contributed by atoms with van der Waals surface area (Å²) in [6.45, 7) is 1.89. The molecule has 0 amide bonds. The van der Waals surface area contributed by atoms with Crippen LogP contribution in [0.4, 0.5) is 8.78 Å². The lowest BCUT2D eigenvalue weighted by atomic mass is 9.99. The Morgan fingerprint density at radius 2 is 2.09 bits per heavy atom. The number of halogens is 2. The summed E-state index contributed by atoms with van der Waals surface area (Å²) in [5.74, 6) is 0.255. The molecule has 3 rings (SSSR count). The van der Waals surface area contributed by atoms with Crippen molar-refractivity contribution in [1.29, 1.82) is 0 Å². The van der Waals surface area contributed by atoms with E-state index in [9.17, 15) is 9.50 Å². The number of hydrogen-bond donors (Lipinski definition) is 2. The summed E-state index contributed by atoms with van der Waals surface area (Å²) in [5, 5.41) is 12.3. The van der Waals surface area contributed by atoms with Gasteiger partial charge in [0, 0.05) is 13.0 Å². The summed E-state index contributed by atoms with van der Waals surface area (Å²) in [6.07, 6.45) is -0.725. The third kappa shape index (κ3) is 2.88. The molecular formula is C18H19F2NO2. The maximum absolute atomic E-state index is 15.4. The van der Waals surface area contributed by atoms with Crippen LogP contribution in [0.2, 0.25) is 0 Å². The number of alkyl halides is 1. The Hall–Kier alpha value is -2.14. The van der Waals surface area contributed by atoms with Gasteiger partial charge in [-0.25, -0.2) is 8.78 Å². The molecule has 2 N–H and O–H groups in total. The first-order valence-electron chi connectivity index (χ1n) is 7.51. The largest absolute Gasteiger partial charge is 0.508 e. The van der Waals surface area contributed by atoms with E-state index in [1.54, 1.807) is 32.2 Å². The van der Waals surface area contributed by atoms with Gasteiger partial charge in [0.05, 0.1) is 0 Å². The Bertz CT molecular complexity index is 735. The first kappa shape index (κ1) is 15.7. The molecule has 0 saturated carbocycles. The second kappa shape index (κ2) is 5.81. The summed E-state index contributed by atoms with van der Waals surface area (Å²) >= 11 is 0. The fourth-order valence-corrected chi connectivity index (χ4v) is 3.18. The molecule has 0 aromatic heterocycles. The zero-order chi connectivity index (χ0) is 16.6. The Morgan fingerprint density at radius 3 is 2.78 bits per heavy atom. The van der Waals surface area contributed by atoms with Gasteiger partial charge >= 0.3 is 0 Å². The van der Waals surface area contributed by atoms with Gasteiger partial charge in [-0.05, 0) is 61.0 Å². The van der Waals surface area contributed by atoms with Crippen LogP contribution < -0.4 is 10.1 Å². The minimum Gasteiger partial charge on any atom is -0.508 e. The van der Waals surface area contributed by atoms with E-state index in [1.165, 1.54) is 18.2 Å². The summed E-state index contributed by atoms with van der Waals surface area (Å²) < 4.78 is 34.8. The van der Waals surface area contributed by atoms with Crippen molar-refractivity contribution in [3.05, 3.63) is 58.9 Å². The fraction of sp³-hybridized carbons (Fsp3) is 0.333. The third-order valence-electron chi connectivity index (χ3n) is 4.22. The van der Waals surface area contributed by atoms with E-state index in [0.29, 0.717) is 22.4 Å². The van der Waals surface area contributed by atoms with Crippen molar-refractivity contribution < 1.29 is 18.6 Å². The number of ether oxygens (including phenoxy) is 1. The highest BCUT2D eigenvalue weighted by atomic mass is 19.1. The number of phenols is 1. The monoisotopic (exact) mass is 319 g/mol. The molecule has 0 heterocycles. The van der Waals surface area contributed by atoms with Crippen LogP contribution in [0.5, 0.6) is 11.5 Å². The SMILES string of the molecule is CNCC1(F)Cc2cc(F)ccc2C1Oc1ccc(O)cc1C. The number of phenolic OH excluding ortho intramolecular Hbond substituents is 1. The molecule has 0 radical (unpaired) electrons. The predicted molar refractivity (Wildman–Crippen MR) is 84.1 cm³/mol. The van der Waals surface area contributed by atoms with Gasteiger partial charge < -0.3 is 15.2 Å². The van der Waals surface area contributed by atoms with E-state index in [4.69, 9.17) is 4.74 Å². The van der Waals surface area contributed by atoms with Gasteiger partial charge in [-0.2, -0.15) is 0 Å². The van der Waals surface area contributed by atoms with E-state index >= 15 is 4.39 Å². The third-order valence-corrected chi connectivity index (χ3v) is 4.22. The molecule has 23 heavy (non-hydrogen) atoms. The number of rotatable bonds is 4. The Labute approximate surface area is 133 Å². The summed E-state index contributed by atoms with van der Waals surface area (Å²) in [5.41, 5.74) is 0.350. The Balaban J connectivity index is 1.99. The average Bonchev–Trinajstić information content (AvgIpc) is 2.73. The highest BCUT2D eigenvalue weighted by molar-refractivity contribution is 5.43. The van der Waals surface area contributed by atoms with Crippen molar-refractivity contribution in [3.63, 3.8) is 0 Å². The standard InChI is InChI=1S/C18H19F2NO2/c1-11-7-14(22)4-6-16(11)23-17-15-5-3-13(19)8-12(15)9-18(17,20)10-21-2/h3-8,17,21-22H,9-10H2,1-2H3. The number of benzene rings is 2. The fourth-order valence-electron chi connectivity index (χ4n) is 3.18. The maximum Gasteiger partial charge on any atom is 0.168 e. The number of fused-ring (bicyclic) bond motifs is 1. The van der Waals surface area contributed by atoms with Crippen LogP contribution in [0.15, 0.2) is 36.4 Å². The molecule has 5 heteroatoms. The van der Waals surface area contributed by atoms with Crippen LogP contribution in [-0.2, 0) is 6.42 Å². The Morgan fingerprint density at radius 1 is 1.30 bits per heavy atom. The number of nitrogens with one attached hydrogen (secondary N) is 1. The second-order valence-electron chi connectivity index (χ2n) is 6.03. The van der Waals surface area contributed by atoms with Gasteiger partial charge in [-0.3, -0.25) is 0 Å². The first-order valence-corrected chi connectivity index (χ1v) is 7.51. The lowest BCUT2D eigenvalue weighted by molar-refractivity contribution is 0.0228. The van der Waals surface area contributed by atoms with Gasteiger partial charge in [0.25, 0.3) is 0 Å². The molecule has 0 fully saturated rings. The smallest absolute Gasteiger partial charge is 0.168 e. The van der Waals surface area contributed by atoms with Crippen molar-refractivity contribution >= 4 is 0 Å². The molecule has 0 bridgehead atoms. The molecule has 1 aliphatic rings. The van der Waals surface area contributed by atoms with E-state index < -0.39 is 11.8 Å². The van der Waals surface area contributed by atoms with Crippen LogP contribution in [0.3, 0.4) is 0 Å². The minimum absolute atomic E-state index is 0.0999. The second-order valence-corrected chi connectivity index (χ2v) is 6.03. The Kier molecular flexibility index (Phi) is 3.98. The summed E-state index contributed by atoms with van der Waals surface area (Å²) in [6, 6.07) is 8.96. The van der Waals surface area contributed by atoms with Crippen molar-refractivity contribution in [2.75, 3.05) is 13.6 Å². The topological polar surface area (TPSA) is 41.5 Å². The number of hydrogen-bond acceptors (Lipinski definition) is 3. The van der Waals surface area contributed by atoms with E-state index in [-0.39, 0.29) is 24.5 Å². The highest BCUT2D eigenvalue weighted by Crippen LogP contribution is 2.45. The van der Waals surface area contributed by atoms with Crippen LogP contribution in [0.1, 0.15) is 22.8 Å². The molecular weight excluding hydrogens is 300 g/mol. The normalized spacial score (nSPS) is 22.9. The quantitative estimate of drug-likeness (QED) is 0.907. The summed E-state index contributed by atoms with van der Waals surface area (Å²) in [4.78, 5) is 0. The van der Waals surface area contributed by atoms with Gasteiger partial charge in [-0.1, -0.05) is 6.07 Å².